The van der Waals surface area contributed by atoms with Crippen LogP contribution in [0.4, 0.5) is 0 Å². The first kappa shape index (κ1) is 11.6. The molecule has 0 radical (unpaired) electrons. The molecule has 1 heterocycles. The van der Waals surface area contributed by atoms with Gasteiger partial charge in [-0.3, -0.25) is 4.68 Å². The minimum Gasteiger partial charge on any atom is -0.508 e. The first-order chi connectivity index (χ1) is 8.08. The van der Waals surface area contributed by atoms with Crippen molar-refractivity contribution < 1.29 is 5.11 Å². The van der Waals surface area contributed by atoms with Crippen molar-refractivity contribution in [2.24, 2.45) is 0 Å². The van der Waals surface area contributed by atoms with Crippen LogP contribution in [0.5, 0.6) is 5.75 Å². The minimum atomic E-state index is 0.145. The summed E-state index contributed by atoms with van der Waals surface area (Å²) in [6.45, 7) is 6.21. The molecule has 0 aliphatic carbocycles. The zero-order valence-electron chi connectivity index (χ0n) is 10.4. The van der Waals surface area contributed by atoms with Crippen molar-refractivity contribution in [3.63, 3.8) is 0 Å². The molecule has 2 N–H and O–H groups in total. The summed E-state index contributed by atoms with van der Waals surface area (Å²) in [5.74, 6) is 0.303. The van der Waals surface area contributed by atoms with E-state index in [0.717, 1.165) is 5.56 Å². The number of rotatable bonds is 3. The van der Waals surface area contributed by atoms with Crippen LogP contribution in [0.2, 0.25) is 0 Å². The van der Waals surface area contributed by atoms with Crippen molar-refractivity contribution in [2.75, 3.05) is 5.43 Å². The molecule has 0 saturated heterocycles. The van der Waals surface area contributed by atoms with Crippen molar-refractivity contribution in [2.45, 2.75) is 26.8 Å². The van der Waals surface area contributed by atoms with Gasteiger partial charge in [0, 0.05) is 11.4 Å². The van der Waals surface area contributed by atoms with E-state index in [4.69, 9.17) is 0 Å². The molecule has 1 aromatic heterocycles. The standard InChI is InChI=1S/C14H18N2O/c1-10-7-8-11(2)16(10)15-12(3)13-5-4-6-14(17)9-13/h4-9,12,15,17H,1-3H3. The number of aromatic nitrogens is 1. The number of phenols is 1. The molecular weight excluding hydrogens is 212 g/mol. The van der Waals surface area contributed by atoms with Crippen LogP contribution in [0.15, 0.2) is 36.4 Å². The van der Waals surface area contributed by atoms with Crippen LogP contribution in [0.3, 0.4) is 0 Å². The van der Waals surface area contributed by atoms with Gasteiger partial charge in [0.2, 0.25) is 0 Å². The lowest BCUT2D eigenvalue weighted by atomic mass is 10.1. The second-order valence-corrected chi connectivity index (χ2v) is 4.40. The Morgan fingerprint density at radius 2 is 1.76 bits per heavy atom. The maximum atomic E-state index is 9.46. The van der Waals surface area contributed by atoms with Gasteiger partial charge in [0.05, 0.1) is 6.04 Å². The van der Waals surface area contributed by atoms with E-state index in [1.807, 2.05) is 12.1 Å². The average molecular weight is 230 g/mol. The Balaban J connectivity index is 2.20. The number of phenolic OH excluding ortho intramolecular Hbond substituents is 1. The van der Waals surface area contributed by atoms with Gasteiger partial charge >= 0.3 is 0 Å². The summed E-state index contributed by atoms with van der Waals surface area (Å²) in [5, 5.41) is 9.46. The van der Waals surface area contributed by atoms with Crippen LogP contribution in [0, 0.1) is 13.8 Å². The maximum Gasteiger partial charge on any atom is 0.115 e. The van der Waals surface area contributed by atoms with E-state index in [9.17, 15) is 5.11 Å². The fourth-order valence-electron chi connectivity index (χ4n) is 1.93. The Bertz CT molecular complexity index is 497. The van der Waals surface area contributed by atoms with Gasteiger partial charge in [0.1, 0.15) is 5.75 Å². The van der Waals surface area contributed by atoms with Gasteiger partial charge in [-0.25, -0.2) is 0 Å². The number of hydrogen-bond donors (Lipinski definition) is 2. The molecule has 0 amide bonds. The molecule has 0 saturated carbocycles. The Morgan fingerprint density at radius 1 is 1.12 bits per heavy atom. The summed E-state index contributed by atoms with van der Waals surface area (Å²) in [4.78, 5) is 0. The molecular formula is C14H18N2O. The van der Waals surface area contributed by atoms with Crippen molar-refractivity contribution in [1.82, 2.24) is 4.68 Å². The molecule has 1 aromatic carbocycles. The van der Waals surface area contributed by atoms with E-state index in [-0.39, 0.29) is 6.04 Å². The highest BCUT2D eigenvalue weighted by Crippen LogP contribution is 2.19. The molecule has 90 valence electrons. The topological polar surface area (TPSA) is 37.2 Å². The Hall–Kier alpha value is -1.90. The monoisotopic (exact) mass is 230 g/mol. The van der Waals surface area contributed by atoms with E-state index in [2.05, 4.69) is 43.0 Å². The zero-order chi connectivity index (χ0) is 12.4. The molecule has 0 fully saturated rings. The first-order valence-electron chi connectivity index (χ1n) is 5.78. The predicted octanol–water partition coefficient (Wildman–Crippen LogP) is 3.12. The number of nitrogens with zero attached hydrogens (tertiary/aromatic N) is 1. The third-order valence-corrected chi connectivity index (χ3v) is 2.96. The third kappa shape index (κ3) is 2.44. The maximum absolute atomic E-state index is 9.46. The molecule has 3 heteroatoms. The smallest absolute Gasteiger partial charge is 0.115 e. The van der Waals surface area contributed by atoms with Crippen LogP contribution < -0.4 is 5.43 Å². The fourth-order valence-corrected chi connectivity index (χ4v) is 1.93. The van der Waals surface area contributed by atoms with Gasteiger partial charge < -0.3 is 10.5 Å². The van der Waals surface area contributed by atoms with E-state index >= 15 is 0 Å². The molecule has 0 spiro atoms. The summed E-state index contributed by atoms with van der Waals surface area (Å²) >= 11 is 0. The van der Waals surface area contributed by atoms with Crippen LogP contribution in [-0.4, -0.2) is 9.78 Å². The molecule has 0 aliphatic rings. The minimum absolute atomic E-state index is 0.145. The summed E-state index contributed by atoms with van der Waals surface area (Å²) in [5.41, 5.74) is 6.83. The zero-order valence-corrected chi connectivity index (χ0v) is 10.4. The van der Waals surface area contributed by atoms with Crippen molar-refractivity contribution in [1.29, 1.82) is 0 Å². The van der Waals surface area contributed by atoms with Gasteiger partial charge in [-0.05, 0) is 50.6 Å². The highest BCUT2D eigenvalue weighted by molar-refractivity contribution is 5.30. The number of aryl methyl sites for hydroxylation is 2. The second kappa shape index (κ2) is 4.53. The van der Waals surface area contributed by atoms with Gasteiger partial charge in [-0.1, -0.05) is 12.1 Å². The number of hydrogen-bond acceptors (Lipinski definition) is 2. The largest absolute Gasteiger partial charge is 0.508 e. The Morgan fingerprint density at radius 3 is 2.35 bits per heavy atom. The SMILES string of the molecule is Cc1ccc(C)n1NC(C)c1cccc(O)c1. The summed E-state index contributed by atoms with van der Waals surface area (Å²) in [7, 11) is 0. The normalized spacial score (nSPS) is 12.4. The van der Waals surface area contributed by atoms with Crippen LogP contribution in [0.1, 0.15) is 29.9 Å². The third-order valence-electron chi connectivity index (χ3n) is 2.96. The van der Waals surface area contributed by atoms with E-state index < -0.39 is 0 Å². The molecule has 0 aliphatic heterocycles. The number of nitrogens with one attached hydrogen (secondary N) is 1. The van der Waals surface area contributed by atoms with E-state index in [1.165, 1.54) is 11.4 Å². The molecule has 0 bridgehead atoms. The molecule has 17 heavy (non-hydrogen) atoms. The average Bonchev–Trinajstić information content (AvgIpc) is 2.61. The van der Waals surface area contributed by atoms with Crippen LogP contribution >= 0.6 is 0 Å². The van der Waals surface area contributed by atoms with E-state index in [0.29, 0.717) is 5.75 Å². The Labute approximate surface area is 102 Å². The van der Waals surface area contributed by atoms with Crippen molar-refractivity contribution in [3.05, 3.63) is 53.3 Å². The van der Waals surface area contributed by atoms with Crippen LogP contribution in [0.25, 0.3) is 0 Å². The predicted molar refractivity (Wildman–Crippen MR) is 69.8 cm³/mol. The molecule has 2 rings (SSSR count). The van der Waals surface area contributed by atoms with Crippen molar-refractivity contribution >= 4 is 0 Å². The van der Waals surface area contributed by atoms with Crippen molar-refractivity contribution in [3.8, 4) is 5.75 Å². The fraction of sp³-hybridized carbons (Fsp3) is 0.286. The lowest BCUT2D eigenvalue weighted by Gasteiger charge is -2.19. The lowest BCUT2D eigenvalue weighted by molar-refractivity contribution is 0.474. The van der Waals surface area contributed by atoms with Gasteiger partial charge in [-0.15, -0.1) is 0 Å². The molecule has 1 atom stereocenters. The quantitative estimate of drug-likeness (QED) is 0.850. The summed E-state index contributed by atoms with van der Waals surface area (Å²) in [6, 6.07) is 11.6. The van der Waals surface area contributed by atoms with Gasteiger partial charge in [-0.2, -0.15) is 0 Å². The number of aromatic hydroxyl groups is 1. The molecule has 1 unspecified atom stereocenters. The van der Waals surface area contributed by atoms with Gasteiger partial charge in [0.25, 0.3) is 0 Å². The highest BCUT2D eigenvalue weighted by Gasteiger charge is 2.08. The second-order valence-electron chi connectivity index (χ2n) is 4.40. The highest BCUT2D eigenvalue weighted by atomic mass is 16.3. The van der Waals surface area contributed by atoms with Crippen LogP contribution in [-0.2, 0) is 0 Å². The van der Waals surface area contributed by atoms with E-state index in [1.54, 1.807) is 12.1 Å². The lowest BCUT2D eigenvalue weighted by Crippen LogP contribution is -2.20. The molecule has 2 aromatic rings. The Kier molecular flexibility index (Phi) is 3.09. The number of benzene rings is 1. The summed E-state index contributed by atoms with van der Waals surface area (Å²) in [6.07, 6.45) is 0. The molecule has 3 nitrogen and oxygen atoms in total. The summed E-state index contributed by atoms with van der Waals surface area (Å²) < 4.78 is 2.06. The van der Waals surface area contributed by atoms with Gasteiger partial charge in [0.15, 0.2) is 0 Å². The first-order valence-corrected chi connectivity index (χ1v) is 5.78.